The van der Waals surface area contributed by atoms with E-state index < -0.39 is 0 Å². The molecule has 0 atom stereocenters. The van der Waals surface area contributed by atoms with Gasteiger partial charge in [0.25, 0.3) is 0 Å². The van der Waals surface area contributed by atoms with Crippen molar-refractivity contribution >= 4 is 11.7 Å². The van der Waals surface area contributed by atoms with Crippen molar-refractivity contribution in [2.75, 3.05) is 0 Å². The number of ketones is 1. The summed E-state index contributed by atoms with van der Waals surface area (Å²) in [6.45, 7) is 5.47. The molecule has 0 bridgehead atoms. The smallest absolute Gasteiger partial charge is 0.243 e. The molecule has 2 rings (SSSR count). The first kappa shape index (κ1) is 15.5. The minimum atomic E-state index is -0.289. The monoisotopic (exact) mass is 295 g/mol. The predicted octanol–water partition coefficient (Wildman–Crippen LogP) is 2.73. The Kier molecular flexibility index (Phi) is 4.73. The Morgan fingerprint density at radius 2 is 1.91 bits per heavy atom. The van der Waals surface area contributed by atoms with Gasteiger partial charge in [0, 0.05) is 12.1 Å². The maximum atomic E-state index is 12.5. The predicted molar refractivity (Wildman–Crippen MR) is 84.8 cm³/mol. The molecule has 112 valence electrons. The Labute approximate surface area is 129 Å². The third kappa shape index (κ3) is 3.41. The van der Waals surface area contributed by atoms with E-state index in [2.05, 4.69) is 11.9 Å². The topological polar surface area (TPSA) is 66.4 Å². The number of phenols is 1. The lowest BCUT2D eigenvalue weighted by molar-refractivity contribution is -0.116. The van der Waals surface area contributed by atoms with Gasteiger partial charge in [0.1, 0.15) is 5.75 Å². The van der Waals surface area contributed by atoms with E-state index in [1.165, 1.54) is 12.1 Å². The standard InChI is InChI=1S/C18H17NO3/c1-3-17(21)19-11-14-10-15(16(20)9-12(14)2)18(22)13-7-5-4-6-8-13/h3-10,20H,1,11H2,2H3,(H,19,21). The molecule has 0 aliphatic rings. The number of hydrogen-bond donors (Lipinski definition) is 2. The van der Waals surface area contributed by atoms with Crippen LogP contribution in [0.3, 0.4) is 0 Å². The molecular weight excluding hydrogens is 278 g/mol. The lowest BCUT2D eigenvalue weighted by Gasteiger charge is -2.11. The van der Waals surface area contributed by atoms with E-state index in [0.29, 0.717) is 5.56 Å². The number of aromatic hydroxyl groups is 1. The van der Waals surface area contributed by atoms with Gasteiger partial charge in [-0.05, 0) is 36.3 Å². The van der Waals surface area contributed by atoms with E-state index in [4.69, 9.17) is 0 Å². The van der Waals surface area contributed by atoms with Crippen LogP contribution < -0.4 is 5.32 Å². The maximum absolute atomic E-state index is 12.5. The van der Waals surface area contributed by atoms with E-state index in [0.717, 1.165) is 11.1 Å². The molecule has 0 aromatic heterocycles. The van der Waals surface area contributed by atoms with Gasteiger partial charge < -0.3 is 10.4 Å². The van der Waals surface area contributed by atoms with Gasteiger partial charge in [0.2, 0.25) is 5.91 Å². The average molecular weight is 295 g/mol. The van der Waals surface area contributed by atoms with E-state index >= 15 is 0 Å². The fourth-order valence-electron chi connectivity index (χ4n) is 2.11. The molecule has 0 saturated carbocycles. The highest BCUT2D eigenvalue weighted by Crippen LogP contribution is 2.25. The molecule has 0 aliphatic carbocycles. The zero-order valence-corrected chi connectivity index (χ0v) is 12.3. The van der Waals surface area contributed by atoms with Gasteiger partial charge in [-0.15, -0.1) is 0 Å². The molecule has 2 aromatic carbocycles. The molecule has 2 aromatic rings. The van der Waals surface area contributed by atoms with Crippen LogP contribution in [0.5, 0.6) is 5.75 Å². The van der Waals surface area contributed by atoms with Crippen LogP contribution in [0, 0.1) is 6.92 Å². The number of carbonyl (C=O) groups excluding carboxylic acids is 2. The van der Waals surface area contributed by atoms with Crippen molar-refractivity contribution in [3.8, 4) is 5.75 Å². The minimum Gasteiger partial charge on any atom is -0.507 e. The van der Waals surface area contributed by atoms with Crippen molar-refractivity contribution < 1.29 is 14.7 Å². The second kappa shape index (κ2) is 6.72. The van der Waals surface area contributed by atoms with E-state index in [1.807, 2.05) is 13.0 Å². The molecule has 0 fully saturated rings. The van der Waals surface area contributed by atoms with Gasteiger partial charge in [-0.2, -0.15) is 0 Å². The van der Waals surface area contributed by atoms with Crippen molar-refractivity contribution in [2.24, 2.45) is 0 Å². The van der Waals surface area contributed by atoms with Gasteiger partial charge in [-0.25, -0.2) is 0 Å². The van der Waals surface area contributed by atoms with Crippen LogP contribution in [0.2, 0.25) is 0 Å². The molecule has 0 radical (unpaired) electrons. The zero-order valence-electron chi connectivity index (χ0n) is 12.3. The summed E-state index contributed by atoms with van der Waals surface area (Å²) in [6, 6.07) is 11.9. The fourth-order valence-corrected chi connectivity index (χ4v) is 2.11. The molecular formula is C18H17NO3. The van der Waals surface area contributed by atoms with E-state index in [-0.39, 0.29) is 29.5 Å². The molecule has 0 aliphatic heterocycles. The average Bonchev–Trinajstić information content (AvgIpc) is 2.54. The van der Waals surface area contributed by atoms with Crippen LogP contribution in [0.25, 0.3) is 0 Å². The second-order valence-corrected chi connectivity index (χ2v) is 4.91. The highest BCUT2D eigenvalue weighted by Gasteiger charge is 2.15. The van der Waals surface area contributed by atoms with Gasteiger partial charge in [-0.3, -0.25) is 9.59 Å². The summed E-state index contributed by atoms with van der Waals surface area (Å²) in [4.78, 5) is 23.7. The second-order valence-electron chi connectivity index (χ2n) is 4.91. The number of amides is 1. The molecule has 2 N–H and O–H groups in total. The lowest BCUT2D eigenvalue weighted by atomic mass is 9.97. The van der Waals surface area contributed by atoms with Crippen molar-refractivity contribution in [1.82, 2.24) is 5.32 Å². The first-order valence-corrected chi connectivity index (χ1v) is 6.85. The first-order chi connectivity index (χ1) is 10.5. The van der Waals surface area contributed by atoms with Crippen LogP contribution in [0.15, 0.2) is 55.1 Å². The fraction of sp³-hybridized carbons (Fsp3) is 0.111. The number of rotatable bonds is 5. The Morgan fingerprint density at radius 3 is 2.55 bits per heavy atom. The largest absolute Gasteiger partial charge is 0.507 e. The van der Waals surface area contributed by atoms with Crippen LogP contribution >= 0.6 is 0 Å². The van der Waals surface area contributed by atoms with Crippen LogP contribution in [0.4, 0.5) is 0 Å². The summed E-state index contributed by atoms with van der Waals surface area (Å²) in [6.07, 6.45) is 1.19. The SMILES string of the molecule is C=CC(=O)NCc1cc(C(=O)c2ccccc2)c(O)cc1C. The number of hydrogen-bond acceptors (Lipinski definition) is 3. The molecule has 0 spiro atoms. The van der Waals surface area contributed by atoms with Crippen molar-refractivity contribution in [3.63, 3.8) is 0 Å². The third-order valence-electron chi connectivity index (χ3n) is 3.37. The van der Waals surface area contributed by atoms with Crippen LogP contribution in [-0.2, 0) is 11.3 Å². The first-order valence-electron chi connectivity index (χ1n) is 6.85. The van der Waals surface area contributed by atoms with Crippen LogP contribution in [-0.4, -0.2) is 16.8 Å². The summed E-state index contributed by atoms with van der Waals surface area (Å²) in [7, 11) is 0. The molecule has 0 heterocycles. The Balaban J connectivity index is 2.34. The zero-order chi connectivity index (χ0) is 16.1. The number of benzene rings is 2. The third-order valence-corrected chi connectivity index (χ3v) is 3.37. The van der Waals surface area contributed by atoms with Crippen LogP contribution in [0.1, 0.15) is 27.0 Å². The molecule has 22 heavy (non-hydrogen) atoms. The number of nitrogens with one attached hydrogen (secondary N) is 1. The van der Waals surface area contributed by atoms with E-state index in [9.17, 15) is 14.7 Å². The Bertz CT molecular complexity index is 721. The Morgan fingerprint density at radius 1 is 1.23 bits per heavy atom. The number of phenolic OH excluding ortho intramolecular Hbond substituents is 1. The van der Waals surface area contributed by atoms with Gasteiger partial charge in [0.05, 0.1) is 5.56 Å². The molecule has 1 amide bonds. The van der Waals surface area contributed by atoms with Crippen molar-refractivity contribution in [2.45, 2.75) is 13.5 Å². The van der Waals surface area contributed by atoms with Crippen molar-refractivity contribution in [1.29, 1.82) is 0 Å². The molecule has 0 unspecified atom stereocenters. The van der Waals surface area contributed by atoms with Crippen molar-refractivity contribution in [3.05, 3.63) is 77.4 Å². The normalized spacial score (nSPS) is 10.0. The Hall–Kier alpha value is -2.88. The molecule has 0 saturated heterocycles. The summed E-state index contributed by atoms with van der Waals surface area (Å²) < 4.78 is 0. The number of carbonyl (C=O) groups is 2. The quantitative estimate of drug-likeness (QED) is 0.658. The minimum absolute atomic E-state index is 0.0647. The highest BCUT2D eigenvalue weighted by molar-refractivity contribution is 6.10. The summed E-state index contributed by atoms with van der Waals surface area (Å²) in [5.74, 6) is -0.608. The van der Waals surface area contributed by atoms with Gasteiger partial charge in [0.15, 0.2) is 5.78 Å². The molecule has 4 nitrogen and oxygen atoms in total. The summed E-state index contributed by atoms with van der Waals surface area (Å²) >= 11 is 0. The summed E-state index contributed by atoms with van der Waals surface area (Å²) in [5, 5.41) is 12.7. The lowest BCUT2D eigenvalue weighted by Crippen LogP contribution is -2.20. The number of aryl methyl sites for hydroxylation is 1. The maximum Gasteiger partial charge on any atom is 0.243 e. The van der Waals surface area contributed by atoms with E-state index in [1.54, 1.807) is 30.3 Å². The highest BCUT2D eigenvalue weighted by atomic mass is 16.3. The van der Waals surface area contributed by atoms with Gasteiger partial charge >= 0.3 is 0 Å². The summed E-state index contributed by atoms with van der Waals surface area (Å²) in [5.41, 5.74) is 2.29. The molecule has 4 heteroatoms. The van der Waals surface area contributed by atoms with Gasteiger partial charge in [-0.1, -0.05) is 36.9 Å².